The van der Waals surface area contributed by atoms with Gasteiger partial charge in [0.1, 0.15) is 11.5 Å². The smallest absolute Gasteiger partial charge is 0.213 e. The van der Waals surface area contributed by atoms with Crippen LogP contribution in [-0.4, -0.2) is 17.8 Å². The summed E-state index contributed by atoms with van der Waals surface area (Å²) in [5, 5.41) is 7.08. The first kappa shape index (κ1) is 16.0. The lowest BCUT2D eigenvalue weighted by atomic mass is 9.95. The molecule has 2 heterocycles. The molecule has 0 spiro atoms. The number of para-hydroxylation sites is 1. The second-order valence-corrected chi connectivity index (χ2v) is 7.15. The van der Waals surface area contributed by atoms with Crippen molar-refractivity contribution in [2.45, 2.75) is 39.0 Å². The van der Waals surface area contributed by atoms with E-state index in [2.05, 4.69) is 49.2 Å². The molecule has 130 valence electrons. The van der Waals surface area contributed by atoms with Crippen molar-refractivity contribution in [3.63, 3.8) is 0 Å². The van der Waals surface area contributed by atoms with Gasteiger partial charge in [-0.25, -0.2) is 5.01 Å². The molecule has 0 saturated heterocycles. The van der Waals surface area contributed by atoms with Gasteiger partial charge in [-0.2, -0.15) is 5.10 Å². The number of rotatable bonds is 4. The van der Waals surface area contributed by atoms with E-state index in [1.807, 2.05) is 18.2 Å². The van der Waals surface area contributed by atoms with E-state index in [0.717, 1.165) is 29.9 Å². The predicted molar refractivity (Wildman–Crippen MR) is 98.9 cm³/mol. The minimum absolute atomic E-state index is 0.199. The molecule has 0 saturated carbocycles. The first-order valence-electron chi connectivity index (χ1n) is 8.90. The van der Waals surface area contributed by atoms with Crippen molar-refractivity contribution in [2.75, 3.05) is 7.11 Å². The topological polar surface area (TPSA) is 34.1 Å². The third-order valence-electron chi connectivity index (χ3n) is 4.81. The van der Waals surface area contributed by atoms with Gasteiger partial charge in [0.25, 0.3) is 0 Å². The SMILES string of the molecule is COc1ccc([C@H]2Oc3ccccc3[C@H]3CC(CC(C)C)=NN32)cc1. The van der Waals surface area contributed by atoms with Gasteiger partial charge in [-0.1, -0.05) is 32.0 Å². The minimum Gasteiger partial charge on any atom is -0.497 e. The maximum absolute atomic E-state index is 6.34. The van der Waals surface area contributed by atoms with Crippen LogP contribution in [0.2, 0.25) is 0 Å². The van der Waals surface area contributed by atoms with Crippen LogP contribution in [0.4, 0.5) is 0 Å². The van der Waals surface area contributed by atoms with Gasteiger partial charge in [-0.3, -0.25) is 0 Å². The van der Waals surface area contributed by atoms with Gasteiger partial charge in [0.2, 0.25) is 6.23 Å². The summed E-state index contributed by atoms with van der Waals surface area (Å²) in [4.78, 5) is 0. The Morgan fingerprint density at radius 2 is 1.92 bits per heavy atom. The van der Waals surface area contributed by atoms with E-state index in [1.54, 1.807) is 7.11 Å². The maximum atomic E-state index is 6.34. The van der Waals surface area contributed by atoms with Crippen LogP contribution in [0.1, 0.15) is 50.1 Å². The van der Waals surface area contributed by atoms with E-state index in [1.165, 1.54) is 11.3 Å². The van der Waals surface area contributed by atoms with Gasteiger partial charge >= 0.3 is 0 Å². The zero-order chi connectivity index (χ0) is 17.4. The molecule has 4 heteroatoms. The van der Waals surface area contributed by atoms with E-state index >= 15 is 0 Å². The third-order valence-corrected chi connectivity index (χ3v) is 4.81. The van der Waals surface area contributed by atoms with E-state index < -0.39 is 0 Å². The number of nitrogens with zero attached hydrogens (tertiary/aromatic N) is 2. The fourth-order valence-corrected chi connectivity index (χ4v) is 3.68. The summed E-state index contributed by atoms with van der Waals surface area (Å²) in [6.07, 6.45) is 1.81. The molecule has 4 nitrogen and oxygen atoms in total. The molecule has 0 amide bonds. The highest BCUT2D eigenvalue weighted by Gasteiger charge is 2.40. The summed E-state index contributed by atoms with van der Waals surface area (Å²) >= 11 is 0. The molecule has 0 fully saturated rings. The van der Waals surface area contributed by atoms with Gasteiger partial charge < -0.3 is 9.47 Å². The van der Waals surface area contributed by atoms with Gasteiger partial charge in [-0.05, 0) is 42.7 Å². The highest BCUT2D eigenvalue weighted by atomic mass is 16.5. The Labute approximate surface area is 149 Å². The zero-order valence-corrected chi connectivity index (χ0v) is 15.0. The normalized spacial score (nSPS) is 21.4. The van der Waals surface area contributed by atoms with E-state index in [-0.39, 0.29) is 12.3 Å². The summed E-state index contributed by atoms with van der Waals surface area (Å²) in [5.41, 5.74) is 3.59. The van der Waals surface area contributed by atoms with Gasteiger partial charge in [-0.15, -0.1) is 0 Å². The number of hydrazone groups is 1. The van der Waals surface area contributed by atoms with E-state index in [0.29, 0.717) is 5.92 Å². The van der Waals surface area contributed by atoms with Crippen LogP contribution in [0.3, 0.4) is 0 Å². The molecule has 0 aromatic heterocycles. The predicted octanol–water partition coefficient (Wildman–Crippen LogP) is 4.94. The molecule has 2 aromatic rings. The lowest BCUT2D eigenvalue weighted by Crippen LogP contribution is -2.33. The monoisotopic (exact) mass is 336 g/mol. The van der Waals surface area contributed by atoms with Crippen molar-refractivity contribution in [3.8, 4) is 11.5 Å². The number of hydrogen-bond donors (Lipinski definition) is 0. The summed E-state index contributed by atoms with van der Waals surface area (Å²) < 4.78 is 11.6. The molecule has 2 atom stereocenters. The molecule has 0 radical (unpaired) electrons. The highest BCUT2D eigenvalue weighted by molar-refractivity contribution is 5.86. The molecular formula is C21H24N2O2. The van der Waals surface area contributed by atoms with Crippen LogP contribution < -0.4 is 9.47 Å². The largest absolute Gasteiger partial charge is 0.497 e. The lowest BCUT2D eigenvalue weighted by molar-refractivity contribution is -0.0190. The Morgan fingerprint density at radius 1 is 1.16 bits per heavy atom. The standard InChI is InChI=1S/C21H24N2O2/c1-14(2)12-16-13-19-18-6-4-5-7-20(18)25-21(23(19)22-16)15-8-10-17(24-3)11-9-15/h4-11,14,19,21H,12-13H2,1-3H3/t19-,21-/m1/s1. The van der Waals surface area contributed by atoms with Crippen LogP contribution in [0.5, 0.6) is 11.5 Å². The summed E-state index contributed by atoms with van der Waals surface area (Å²) in [5.74, 6) is 2.42. The molecule has 0 bridgehead atoms. The van der Waals surface area contributed by atoms with Crippen molar-refractivity contribution < 1.29 is 9.47 Å². The van der Waals surface area contributed by atoms with E-state index in [9.17, 15) is 0 Å². The number of ether oxygens (including phenoxy) is 2. The molecule has 2 aliphatic heterocycles. The Kier molecular flexibility index (Phi) is 4.12. The molecule has 0 aliphatic carbocycles. The molecular weight excluding hydrogens is 312 g/mol. The van der Waals surface area contributed by atoms with Gasteiger partial charge in [0, 0.05) is 23.3 Å². The molecule has 4 rings (SSSR count). The average molecular weight is 336 g/mol. The summed E-state index contributed by atoms with van der Waals surface area (Å²) in [6, 6.07) is 16.7. The van der Waals surface area contributed by atoms with Crippen LogP contribution in [-0.2, 0) is 0 Å². The lowest BCUT2D eigenvalue weighted by Gasteiger charge is -2.38. The number of hydrogen-bond acceptors (Lipinski definition) is 4. The Morgan fingerprint density at radius 3 is 2.64 bits per heavy atom. The molecule has 25 heavy (non-hydrogen) atoms. The van der Waals surface area contributed by atoms with Crippen molar-refractivity contribution in [3.05, 3.63) is 59.7 Å². The highest BCUT2D eigenvalue weighted by Crippen LogP contribution is 2.47. The van der Waals surface area contributed by atoms with Crippen molar-refractivity contribution in [1.82, 2.24) is 5.01 Å². The second-order valence-electron chi connectivity index (χ2n) is 7.15. The fraction of sp³-hybridized carbons (Fsp3) is 0.381. The number of methoxy groups -OCH3 is 1. The summed E-state index contributed by atoms with van der Waals surface area (Å²) in [7, 11) is 1.68. The number of fused-ring (bicyclic) bond motifs is 3. The molecule has 2 aromatic carbocycles. The quantitative estimate of drug-likeness (QED) is 0.793. The first-order chi connectivity index (χ1) is 12.2. The van der Waals surface area contributed by atoms with Crippen LogP contribution in [0, 0.1) is 5.92 Å². The average Bonchev–Trinajstić information content (AvgIpc) is 3.04. The maximum Gasteiger partial charge on any atom is 0.213 e. The van der Waals surface area contributed by atoms with E-state index in [4.69, 9.17) is 14.6 Å². The zero-order valence-electron chi connectivity index (χ0n) is 15.0. The number of benzene rings is 2. The Hall–Kier alpha value is -2.49. The van der Waals surface area contributed by atoms with Crippen molar-refractivity contribution in [2.24, 2.45) is 11.0 Å². The van der Waals surface area contributed by atoms with Gasteiger partial charge in [0.15, 0.2) is 0 Å². The van der Waals surface area contributed by atoms with Crippen LogP contribution in [0.25, 0.3) is 0 Å². The summed E-state index contributed by atoms with van der Waals surface area (Å²) in [6.45, 7) is 4.48. The molecule has 0 N–H and O–H groups in total. The Balaban J connectivity index is 1.71. The molecule has 0 unspecified atom stereocenters. The Bertz CT molecular complexity index is 783. The first-order valence-corrected chi connectivity index (χ1v) is 8.90. The third kappa shape index (κ3) is 2.97. The van der Waals surface area contributed by atoms with Crippen LogP contribution >= 0.6 is 0 Å². The van der Waals surface area contributed by atoms with Crippen molar-refractivity contribution in [1.29, 1.82) is 0 Å². The van der Waals surface area contributed by atoms with Crippen LogP contribution in [0.15, 0.2) is 53.6 Å². The minimum atomic E-state index is -0.199. The van der Waals surface area contributed by atoms with Gasteiger partial charge in [0.05, 0.1) is 13.2 Å². The molecule has 2 aliphatic rings. The fourth-order valence-electron chi connectivity index (χ4n) is 3.68. The van der Waals surface area contributed by atoms with Crippen molar-refractivity contribution >= 4 is 5.71 Å². The second kappa shape index (κ2) is 6.43.